The monoisotopic (exact) mass is 257 g/mol. The first-order valence-electron chi connectivity index (χ1n) is 6.29. The van der Waals surface area contributed by atoms with Crippen molar-refractivity contribution in [1.29, 1.82) is 0 Å². The van der Waals surface area contributed by atoms with Gasteiger partial charge in [0, 0.05) is 18.3 Å². The van der Waals surface area contributed by atoms with Crippen LogP contribution in [0.3, 0.4) is 0 Å². The van der Waals surface area contributed by atoms with Crippen LogP contribution in [0.15, 0.2) is 30.5 Å². The van der Waals surface area contributed by atoms with Gasteiger partial charge in [0.1, 0.15) is 0 Å². The number of amides is 1. The maximum absolute atomic E-state index is 12.4. The standard InChI is InChI=1S/C13H15N5O/c14-10-5-3-7-18(12-6-2-1-4-9(10)12)13(19)11-8-15-17-16-11/h1-2,4,6,8,10H,3,5,7,14H2,(H,15,16,17). The van der Waals surface area contributed by atoms with Crippen LogP contribution in [0, 0.1) is 0 Å². The summed E-state index contributed by atoms with van der Waals surface area (Å²) in [6.07, 6.45) is 3.19. The molecule has 1 aliphatic rings. The van der Waals surface area contributed by atoms with Gasteiger partial charge in [0.25, 0.3) is 5.91 Å². The van der Waals surface area contributed by atoms with Crippen LogP contribution in [-0.4, -0.2) is 27.9 Å². The Bertz CT molecular complexity index is 580. The Morgan fingerprint density at radius 1 is 1.42 bits per heavy atom. The van der Waals surface area contributed by atoms with Crippen LogP contribution in [-0.2, 0) is 0 Å². The van der Waals surface area contributed by atoms with Crippen LogP contribution in [0.5, 0.6) is 0 Å². The maximum atomic E-state index is 12.4. The second-order valence-electron chi connectivity index (χ2n) is 4.62. The minimum Gasteiger partial charge on any atom is -0.324 e. The summed E-state index contributed by atoms with van der Waals surface area (Å²) in [5, 5.41) is 10.0. The second kappa shape index (κ2) is 4.81. The van der Waals surface area contributed by atoms with Crippen LogP contribution in [0.4, 0.5) is 5.69 Å². The van der Waals surface area contributed by atoms with Gasteiger partial charge in [0.05, 0.1) is 6.20 Å². The van der Waals surface area contributed by atoms with Crippen molar-refractivity contribution in [2.45, 2.75) is 18.9 Å². The third-order valence-electron chi connectivity index (χ3n) is 3.40. The molecule has 0 fully saturated rings. The quantitative estimate of drug-likeness (QED) is 0.804. The van der Waals surface area contributed by atoms with Crippen LogP contribution in [0.25, 0.3) is 0 Å². The Balaban J connectivity index is 2.02. The van der Waals surface area contributed by atoms with Gasteiger partial charge in [-0.25, -0.2) is 0 Å². The maximum Gasteiger partial charge on any atom is 0.280 e. The number of nitrogens with zero attached hydrogens (tertiary/aromatic N) is 3. The summed E-state index contributed by atoms with van der Waals surface area (Å²) in [5.41, 5.74) is 8.37. The van der Waals surface area contributed by atoms with Crippen molar-refractivity contribution >= 4 is 11.6 Å². The molecule has 6 heteroatoms. The summed E-state index contributed by atoms with van der Waals surface area (Å²) >= 11 is 0. The second-order valence-corrected chi connectivity index (χ2v) is 4.62. The molecule has 1 atom stereocenters. The van der Waals surface area contributed by atoms with Crippen LogP contribution >= 0.6 is 0 Å². The SMILES string of the molecule is NC1CCCN(C(=O)c2cn[nH]n2)c2ccccc21. The number of nitrogens with two attached hydrogens (primary N) is 1. The number of anilines is 1. The lowest BCUT2D eigenvalue weighted by atomic mass is 10.0. The zero-order chi connectivity index (χ0) is 13.2. The number of carbonyl (C=O) groups is 1. The Morgan fingerprint density at radius 3 is 3.05 bits per heavy atom. The van der Waals surface area contributed by atoms with E-state index in [1.165, 1.54) is 6.20 Å². The molecular formula is C13H15N5O. The zero-order valence-corrected chi connectivity index (χ0v) is 10.4. The predicted molar refractivity (Wildman–Crippen MR) is 70.7 cm³/mol. The highest BCUT2D eigenvalue weighted by Crippen LogP contribution is 2.31. The number of rotatable bonds is 1. The van der Waals surface area contributed by atoms with E-state index >= 15 is 0 Å². The number of H-pyrrole nitrogens is 1. The van der Waals surface area contributed by atoms with Crippen molar-refractivity contribution in [3.63, 3.8) is 0 Å². The fourth-order valence-electron chi connectivity index (χ4n) is 2.45. The number of hydrogen-bond acceptors (Lipinski definition) is 4. The number of aromatic nitrogens is 3. The van der Waals surface area contributed by atoms with Crippen LogP contribution in [0.2, 0.25) is 0 Å². The molecule has 2 heterocycles. The minimum atomic E-state index is -0.143. The van der Waals surface area contributed by atoms with Crippen LogP contribution < -0.4 is 10.6 Å². The normalized spacial score (nSPS) is 18.8. The van der Waals surface area contributed by atoms with E-state index in [0.29, 0.717) is 12.2 Å². The van der Waals surface area contributed by atoms with Gasteiger partial charge >= 0.3 is 0 Å². The van der Waals surface area contributed by atoms with E-state index in [4.69, 9.17) is 5.73 Å². The molecule has 0 radical (unpaired) electrons. The average Bonchev–Trinajstić information content (AvgIpc) is 2.91. The van der Waals surface area contributed by atoms with Crippen molar-refractivity contribution in [1.82, 2.24) is 15.4 Å². The molecule has 3 rings (SSSR count). The first-order valence-corrected chi connectivity index (χ1v) is 6.29. The molecule has 1 aliphatic heterocycles. The first kappa shape index (κ1) is 11.9. The molecule has 98 valence electrons. The highest BCUT2D eigenvalue weighted by molar-refractivity contribution is 6.05. The topological polar surface area (TPSA) is 87.9 Å². The van der Waals surface area contributed by atoms with E-state index in [1.54, 1.807) is 4.90 Å². The van der Waals surface area contributed by atoms with E-state index in [2.05, 4.69) is 15.4 Å². The van der Waals surface area contributed by atoms with Crippen LogP contribution in [0.1, 0.15) is 34.9 Å². The fourth-order valence-corrected chi connectivity index (χ4v) is 2.45. The molecule has 19 heavy (non-hydrogen) atoms. The van der Waals surface area contributed by atoms with E-state index in [9.17, 15) is 4.79 Å². The Labute approximate surface area is 110 Å². The number of hydrogen-bond donors (Lipinski definition) is 2. The van der Waals surface area contributed by atoms with E-state index in [0.717, 1.165) is 24.1 Å². The lowest BCUT2D eigenvalue weighted by Crippen LogP contribution is -2.32. The van der Waals surface area contributed by atoms with Gasteiger partial charge in [-0.2, -0.15) is 15.4 Å². The van der Waals surface area contributed by atoms with E-state index in [-0.39, 0.29) is 11.9 Å². The molecule has 1 aromatic carbocycles. The minimum absolute atomic E-state index is 0.0219. The summed E-state index contributed by atoms with van der Waals surface area (Å²) in [6.45, 7) is 0.649. The molecule has 0 spiro atoms. The van der Waals surface area contributed by atoms with Crippen molar-refractivity contribution < 1.29 is 4.79 Å². The molecular weight excluding hydrogens is 242 g/mol. The largest absolute Gasteiger partial charge is 0.324 e. The predicted octanol–water partition coefficient (Wildman–Crippen LogP) is 1.25. The third kappa shape index (κ3) is 2.10. The molecule has 2 aromatic rings. The summed E-state index contributed by atoms with van der Waals surface area (Å²) in [7, 11) is 0. The molecule has 1 amide bonds. The number of aromatic amines is 1. The van der Waals surface area contributed by atoms with Gasteiger partial charge < -0.3 is 10.6 Å². The van der Waals surface area contributed by atoms with Crippen molar-refractivity contribution in [3.8, 4) is 0 Å². The van der Waals surface area contributed by atoms with Crippen molar-refractivity contribution in [2.75, 3.05) is 11.4 Å². The lowest BCUT2D eigenvalue weighted by molar-refractivity contribution is 0.0982. The molecule has 1 aromatic heterocycles. The van der Waals surface area contributed by atoms with Gasteiger partial charge in [0.15, 0.2) is 5.69 Å². The fraction of sp³-hybridized carbons (Fsp3) is 0.308. The Kier molecular flexibility index (Phi) is 3.00. The smallest absolute Gasteiger partial charge is 0.280 e. The van der Waals surface area contributed by atoms with Gasteiger partial charge in [-0.1, -0.05) is 18.2 Å². The van der Waals surface area contributed by atoms with Gasteiger partial charge in [0.2, 0.25) is 0 Å². The van der Waals surface area contributed by atoms with Gasteiger partial charge in [-0.3, -0.25) is 4.79 Å². The summed E-state index contributed by atoms with van der Waals surface area (Å²) < 4.78 is 0. The number of nitrogens with one attached hydrogen (secondary N) is 1. The van der Waals surface area contributed by atoms with Crippen molar-refractivity contribution in [2.24, 2.45) is 5.73 Å². The molecule has 1 unspecified atom stereocenters. The Morgan fingerprint density at radius 2 is 2.26 bits per heavy atom. The average molecular weight is 257 g/mol. The van der Waals surface area contributed by atoms with E-state index < -0.39 is 0 Å². The summed E-state index contributed by atoms with van der Waals surface area (Å²) in [5.74, 6) is -0.143. The molecule has 0 saturated heterocycles. The summed E-state index contributed by atoms with van der Waals surface area (Å²) in [4.78, 5) is 14.2. The highest BCUT2D eigenvalue weighted by atomic mass is 16.2. The number of para-hydroxylation sites is 1. The molecule has 0 aliphatic carbocycles. The molecule has 6 nitrogen and oxygen atoms in total. The van der Waals surface area contributed by atoms with Gasteiger partial charge in [-0.15, -0.1) is 0 Å². The third-order valence-corrected chi connectivity index (χ3v) is 3.40. The Hall–Kier alpha value is -2.21. The van der Waals surface area contributed by atoms with E-state index in [1.807, 2.05) is 24.3 Å². The van der Waals surface area contributed by atoms with Gasteiger partial charge in [-0.05, 0) is 24.5 Å². The summed E-state index contributed by atoms with van der Waals surface area (Å²) in [6, 6.07) is 7.75. The lowest BCUT2D eigenvalue weighted by Gasteiger charge is -2.22. The first-order chi connectivity index (χ1) is 9.27. The zero-order valence-electron chi connectivity index (χ0n) is 10.4. The molecule has 0 saturated carbocycles. The number of benzene rings is 1. The number of carbonyl (C=O) groups excluding carboxylic acids is 1. The van der Waals surface area contributed by atoms with Crippen molar-refractivity contribution in [3.05, 3.63) is 41.7 Å². The number of fused-ring (bicyclic) bond motifs is 1. The highest BCUT2D eigenvalue weighted by Gasteiger charge is 2.26. The molecule has 3 N–H and O–H groups in total. The molecule has 0 bridgehead atoms.